The maximum Gasteiger partial charge on any atom is 0.309 e. The van der Waals surface area contributed by atoms with Gasteiger partial charge in [0, 0.05) is 6.07 Å². The van der Waals surface area contributed by atoms with Gasteiger partial charge < -0.3 is 15.1 Å². The van der Waals surface area contributed by atoms with Gasteiger partial charge in [0.05, 0.1) is 12.1 Å². The molecule has 1 aromatic heterocycles. The quantitative estimate of drug-likeness (QED) is 0.686. The molecule has 30 heavy (non-hydrogen) atoms. The molecule has 3 aromatic rings. The molecule has 2 atom stereocenters. The van der Waals surface area contributed by atoms with Gasteiger partial charge in [-0.15, -0.1) is 10.2 Å². The van der Waals surface area contributed by atoms with Gasteiger partial charge in [-0.2, -0.15) is 0 Å². The van der Waals surface area contributed by atoms with Crippen molar-refractivity contribution in [2.24, 2.45) is 0 Å². The number of carbonyl (C=O) groups excluding carboxylic acids is 2. The number of hydrogen-bond donors (Lipinski definition) is 2. The van der Waals surface area contributed by atoms with E-state index in [0.29, 0.717) is 18.1 Å². The number of aromatic nitrogens is 2. The van der Waals surface area contributed by atoms with Crippen LogP contribution in [0.2, 0.25) is 0 Å². The number of nitrogens with zero attached hydrogens (tertiary/aromatic N) is 2. The van der Waals surface area contributed by atoms with E-state index in [1.165, 1.54) is 6.07 Å². The van der Waals surface area contributed by atoms with Gasteiger partial charge in [-0.1, -0.05) is 37.3 Å². The fourth-order valence-electron chi connectivity index (χ4n) is 3.44. The van der Waals surface area contributed by atoms with Crippen LogP contribution in [0.3, 0.4) is 0 Å². The SMILES string of the molecule is C[C@H]1CC(NC(=O)c2nnc(Cc3ccccc3)o2)C(=O)Nc2c(F)cc(F)cc21. The summed E-state index contributed by atoms with van der Waals surface area (Å²) in [5.74, 6) is -3.32. The largest absolute Gasteiger partial charge is 0.417 e. The molecular formula is C21H18F2N4O3. The summed E-state index contributed by atoms with van der Waals surface area (Å²) in [5.41, 5.74) is 1.20. The van der Waals surface area contributed by atoms with Crippen LogP contribution in [0.25, 0.3) is 0 Å². The van der Waals surface area contributed by atoms with Crippen molar-refractivity contribution in [3.05, 3.63) is 77.0 Å². The second kappa shape index (κ2) is 8.02. The molecule has 2 amide bonds. The van der Waals surface area contributed by atoms with Crippen LogP contribution >= 0.6 is 0 Å². The standard InChI is InChI=1S/C21H18F2N4O3/c1-11-7-16(19(28)25-18-14(11)9-13(22)10-15(18)23)24-20(29)21-27-26-17(30-21)8-12-5-3-2-4-6-12/h2-6,9-11,16H,7-8H2,1H3,(H,24,29)(H,25,28)/t11-,16?/m0/s1. The first-order chi connectivity index (χ1) is 14.4. The molecule has 0 spiro atoms. The van der Waals surface area contributed by atoms with Gasteiger partial charge in [0.2, 0.25) is 11.8 Å². The van der Waals surface area contributed by atoms with Crippen molar-refractivity contribution in [3.63, 3.8) is 0 Å². The maximum atomic E-state index is 14.1. The maximum absolute atomic E-state index is 14.1. The monoisotopic (exact) mass is 412 g/mol. The summed E-state index contributed by atoms with van der Waals surface area (Å²) in [6.45, 7) is 1.72. The van der Waals surface area contributed by atoms with Crippen LogP contribution < -0.4 is 10.6 Å². The molecule has 0 radical (unpaired) electrons. The van der Waals surface area contributed by atoms with Crippen LogP contribution in [0.1, 0.15) is 47.0 Å². The van der Waals surface area contributed by atoms with E-state index in [2.05, 4.69) is 20.8 Å². The van der Waals surface area contributed by atoms with Crippen molar-refractivity contribution in [1.29, 1.82) is 0 Å². The second-order valence-corrected chi connectivity index (χ2v) is 7.17. The van der Waals surface area contributed by atoms with Gasteiger partial charge >= 0.3 is 11.8 Å². The first kappa shape index (κ1) is 19.7. The Morgan fingerprint density at radius 3 is 2.77 bits per heavy atom. The third-order valence-electron chi connectivity index (χ3n) is 4.93. The summed E-state index contributed by atoms with van der Waals surface area (Å²) in [6.07, 6.45) is 0.515. The lowest BCUT2D eigenvalue weighted by molar-refractivity contribution is -0.118. The zero-order valence-electron chi connectivity index (χ0n) is 16.0. The molecule has 154 valence electrons. The molecule has 4 rings (SSSR count). The van der Waals surface area contributed by atoms with Crippen LogP contribution in [-0.2, 0) is 11.2 Å². The van der Waals surface area contributed by atoms with Crippen molar-refractivity contribution >= 4 is 17.5 Å². The van der Waals surface area contributed by atoms with Gasteiger partial charge in [0.25, 0.3) is 0 Å². The van der Waals surface area contributed by atoms with E-state index in [9.17, 15) is 18.4 Å². The van der Waals surface area contributed by atoms with Gasteiger partial charge in [0.1, 0.15) is 17.7 Å². The highest BCUT2D eigenvalue weighted by atomic mass is 19.1. The third-order valence-corrected chi connectivity index (χ3v) is 4.93. The number of carbonyl (C=O) groups is 2. The zero-order valence-corrected chi connectivity index (χ0v) is 16.0. The number of amides is 2. The van der Waals surface area contributed by atoms with Gasteiger partial charge in [0.15, 0.2) is 0 Å². The minimum atomic E-state index is -0.980. The Hall–Kier alpha value is -3.62. The molecule has 0 saturated carbocycles. The number of hydrogen-bond acceptors (Lipinski definition) is 5. The zero-order chi connectivity index (χ0) is 21.3. The molecule has 0 fully saturated rings. The van der Waals surface area contributed by atoms with Crippen LogP contribution in [0.5, 0.6) is 0 Å². The summed E-state index contributed by atoms with van der Waals surface area (Å²) in [6, 6.07) is 10.3. The van der Waals surface area contributed by atoms with E-state index in [-0.39, 0.29) is 29.8 Å². The van der Waals surface area contributed by atoms with Crippen molar-refractivity contribution in [2.45, 2.75) is 31.7 Å². The smallest absolute Gasteiger partial charge is 0.309 e. The van der Waals surface area contributed by atoms with Crippen LogP contribution in [0.15, 0.2) is 46.9 Å². The number of rotatable bonds is 4. The average molecular weight is 412 g/mol. The Morgan fingerprint density at radius 1 is 1.23 bits per heavy atom. The Labute approximate surface area is 170 Å². The number of benzene rings is 2. The van der Waals surface area contributed by atoms with E-state index < -0.39 is 29.5 Å². The van der Waals surface area contributed by atoms with E-state index in [1.54, 1.807) is 6.92 Å². The highest BCUT2D eigenvalue weighted by Crippen LogP contribution is 2.34. The number of nitrogens with one attached hydrogen (secondary N) is 2. The number of halogens is 2. The van der Waals surface area contributed by atoms with Gasteiger partial charge in [-0.25, -0.2) is 8.78 Å². The molecule has 0 saturated heterocycles. The van der Waals surface area contributed by atoms with Crippen LogP contribution in [-0.4, -0.2) is 28.1 Å². The average Bonchev–Trinajstić information content (AvgIpc) is 3.14. The summed E-state index contributed by atoms with van der Waals surface area (Å²) in [7, 11) is 0. The molecule has 9 heteroatoms. The van der Waals surface area contributed by atoms with Crippen molar-refractivity contribution < 1.29 is 22.8 Å². The summed E-state index contributed by atoms with van der Waals surface area (Å²) >= 11 is 0. The van der Waals surface area contributed by atoms with Crippen LogP contribution in [0, 0.1) is 11.6 Å². The normalized spacial score (nSPS) is 18.3. The third kappa shape index (κ3) is 4.05. The summed E-state index contributed by atoms with van der Waals surface area (Å²) in [5, 5.41) is 12.6. The molecule has 2 N–H and O–H groups in total. The molecule has 2 aromatic carbocycles. The van der Waals surface area contributed by atoms with E-state index in [4.69, 9.17) is 4.42 Å². The Morgan fingerprint density at radius 2 is 2.00 bits per heavy atom. The predicted molar refractivity (Wildman–Crippen MR) is 103 cm³/mol. The molecule has 7 nitrogen and oxygen atoms in total. The number of anilines is 1. The van der Waals surface area contributed by atoms with Crippen LogP contribution in [0.4, 0.5) is 14.5 Å². The molecule has 2 heterocycles. The minimum absolute atomic E-state index is 0.0754. The molecular weight excluding hydrogens is 394 g/mol. The van der Waals surface area contributed by atoms with Gasteiger partial charge in [-0.3, -0.25) is 9.59 Å². The first-order valence-corrected chi connectivity index (χ1v) is 9.37. The van der Waals surface area contributed by atoms with Crippen molar-refractivity contribution in [1.82, 2.24) is 15.5 Å². The molecule has 0 aliphatic carbocycles. The molecule has 1 unspecified atom stereocenters. The van der Waals surface area contributed by atoms with Crippen molar-refractivity contribution in [2.75, 3.05) is 5.32 Å². The summed E-state index contributed by atoms with van der Waals surface area (Å²) in [4.78, 5) is 25.0. The second-order valence-electron chi connectivity index (χ2n) is 7.17. The van der Waals surface area contributed by atoms with E-state index in [1.807, 2.05) is 30.3 Å². The Balaban J connectivity index is 1.47. The van der Waals surface area contributed by atoms with E-state index >= 15 is 0 Å². The topological polar surface area (TPSA) is 97.1 Å². The molecule has 1 aliphatic rings. The van der Waals surface area contributed by atoms with Crippen molar-refractivity contribution in [3.8, 4) is 0 Å². The minimum Gasteiger partial charge on any atom is -0.417 e. The molecule has 1 aliphatic heterocycles. The highest BCUT2D eigenvalue weighted by Gasteiger charge is 2.32. The Kier molecular flexibility index (Phi) is 5.26. The number of fused-ring (bicyclic) bond motifs is 1. The fourth-order valence-corrected chi connectivity index (χ4v) is 3.44. The predicted octanol–water partition coefficient (Wildman–Crippen LogP) is 3.18. The fraction of sp³-hybridized carbons (Fsp3) is 0.238. The lowest BCUT2D eigenvalue weighted by Crippen LogP contribution is -2.43. The Bertz CT molecular complexity index is 1100. The van der Waals surface area contributed by atoms with E-state index in [0.717, 1.165) is 5.56 Å². The van der Waals surface area contributed by atoms with Gasteiger partial charge in [-0.05, 0) is 29.5 Å². The first-order valence-electron chi connectivity index (χ1n) is 9.37. The summed E-state index contributed by atoms with van der Waals surface area (Å²) < 4.78 is 33.1. The lowest BCUT2D eigenvalue weighted by Gasteiger charge is -2.16. The highest BCUT2D eigenvalue weighted by molar-refractivity contribution is 6.00. The lowest BCUT2D eigenvalue weighted by atomic mass is 9.94. The molecule has 0 bridgehead atoms.